The summed E-state index contributed by atoms with van der Waals surface area (Å²) in [5.74, 6) is -0.0846. The first kappa shape index (κ1) is 12.5. The number of hydrogen-bond donors (Lipinski definition) is 1. The first-order chi connectivity index (χ1) is 8.75. The van der Waals surface area contributed by atoms with E-state index in [0.29, 0.717) is 5.16 Å². The van der Waals surface area contributed by atoms with E-state index < -0.39 is 0 Å². The van der Waals surface area contributed by atoms with E-state index in [2.05, 4.69) is 20.3 Å². The molecular weight excluding hydrogens is 248 g/mol. The number of nitrogens with zero attached hydrogens (tertiary/aromatic N) is 3. The number of anilines is 1. The third kappa shape index (κ3) is 3.53. The van der Waals surface area contributed by atoms with Crippen LogP contribution in [0.1, 0.15) is 6.92 Å². The van der Waals surface area contributed by atoms with Crippen molar-refractivity contribution in [1.29, 1.82) is 0 Å². The lowest BCUT2D eigenvalue weighted by Gasteiger charge is -2.10. The first-order valence-electron chi connectivity index (χ1n) is 5.40. The Morgan fingerprint density at radius 2 is 1.89 bits per heavy atom. The second-order valence-electron chi connectivity index (χ2n) is 3.52. The highest BCUT2D eigenvalue weighted by Crippen LogP contribution is 2.19. The zero-order valence-electron chi connectivity index (χ0n) is 9.78. The van der Waals surface area contributed by atoms with Crippen LogP contribution in [0.4, 0.5) is 5.69 Å². The minimum Gasteiger partial charge on any atom is -0.325 e. The van der Waals surface area contributed by atoms with Gasteiger partial charge >= 0.3 is 0 Å². The molecule has 0 aromatic carbocycles. The number of amides is 1. The summed E-state index contributed by atoms with van der Waals surface area (Å²) in [6, 6.07) is 5.23. The molecule has 2 heterocycles. The Labute approximate surface area is 109 Å². The molecule has 1 amide bonds. The van der Waals surface area contributed by atoms with E-state index in [1.54, 1.807) is 43.0 Å². The zero-order chi connectivity index (χ0) is 12.8. The normalized spacial score (nSPS) is 11.8. The van der Waals surface area contributed by atoms with Gasteiger partial charge in [-0.25, -0.2) is 9.97 Å². The average molecular weight is 260 g/mol. The summed E-state index contributed by atoms with van der Waals surface area (Å²) >= 11 is 1.32. The van der Waals surface area contributed by atoms with Gasteiger partial charge in [0.2, 0.25) is 5.91 Å². The Balaban J connectivity index is 1.93. The number of nitrogens with one attached hydrogen (secondary N) is 1. The Kier molecular flexibility index (Phi) is 4.25. The van der Waals surface area contributed by atoms with E-state index in [1.165, 1.54) is 11.8 Å². The number of rotatable bonds is 4. The van der Waals surface area contributed by atoms with Gasteiger partial charge < -0.3 is 5.32 Å². The van der Waals surface area contributed by atoms with Crippen molar-refractivity contribution >= 4 is 23.4 Å². The van der Waals surface area contributed by atoms with Gasteiger partial charge in [-0.15, -0.1) is 0 Å². The fourth-order valence-electron chi connectivity index (χ4n) is 1.24. The monoisotopic (exact) mass is 260 g/mol. The lowest BCUT2D eigenvalue weighted by atomic mass is 10.3. The van der Waals surface area contributed by atoms with Gasteiger partial charge in [0.05, 0.1) is 5.25 Å². The highest BCUT2D eigenvalue weighted by atomic mass is 32.2. The average Bonchev–Trinajstić information content (AvgIpc) is 2.41. The Morgan fingerprint density at radius 1 is 1.22 bits per heavy atom. The van der Waals surface area contributed by atoms with Gasteiger partial charge in [-0.05, 0) is 25.1 Å². The van der Waals surface area contributed by atoms with Crippen molar-refractivity contribution in [2.75, 3.05) is 5.32 Å². The van der Waals surface area contributed by atoms with Crippen LogP contribution in [-0.4, -0.2) is 26.1 Å². The van der Waals surface area contributed by atoms with Crippen LogP contribution in [0.25, 0.3) is 0 Å². The maximum absolute atomic E-state index is 11.9. The van der Waals surface area contributed by atoms with Gasteiger partial charge in [-0.1, -0.05) is 11.8 Å². The third-order valence-electron chi connectivity index (χ3n) is 2.14. The van der Waals surface area contributed by atoms with Gasteiger partial charge in [-0.2, -0.15) is 0 Å². The molecule has 0 spiro atoms. The fraction of sp³-hybridized carbons (Fsp3) is 0.167. The molecule has 6 heteroatoms. The SMILES string of the molecule is CC(Sc1ncccn1)C(=O)Nc1ccncc1. The highest BCUT2D eigenvalue weighted by molar-refractivity contribution is 8.00. The van der Waals surface area contributed by atoms with Crippen LogP contribution in [0, 0.1) is 0 Å². The predicted molar refractivity (Wildman–Crippen MR) is 70.2 cm³/mol. The van der Waals surface area contributed by atoms with Crippen molar-refractivity contribution in [3.05, 3.63) is 43.0 Å². The van der Waals surface area contributed by atoms with Crippen molar-refractivity contribution in [3.63, 3.8) is 0 Å². The molecule has 1 atom stereocenters. The number of pyridine rings is 1. The molecular formula is C12H12N4OS. The van der Waals surface area contributed by atoms with Gasteiger partial charge in [0.15, 0.2) is 5.16 Å². The minimum atomic E-state index is -0.263. The molecule has 5 nitrogen and oxygen atoms in total. The maximum atomic E-state index is 11.9. The quantitative estimate of drug-likeness (QED) is 0.672. The molecule has 1 unspecified atom stereocenters. The molecule has 0 aliphatic heterocycles. The molecule has 0 aliphatic carbocycles. The number of carbonyl (C=O) groups excluding carboxylic acids is 1. The molecule has 92 valence electrons. The minimum absolute atomic E-state index is 0.0846. The summed E-state index contributed by atoms with van der Waals surface area (Å²) in [6.07, 6.45) is 6.58. The van der Waals surface area contributed by atoms with E-state index in [-0.39, 0.29) is 11.2 Å². The Bertz CT molecular complexity index is 506. The smallest absolute Gasteiger partial charge is 0.237 e. The summed E-state index contributed by atoms with van der Waals surface area (Å²) in [6.45, 7) is 1.82. The molecule has 0 fully saturated rings. The lowest BCUT2D eigenvalue weighted by Crippen LogP contribution is -2.22. The molecule has 2 rings (SSSR count). The summed E-state index contributed by atoms with van der Waals surface area (Å²) in [5.41, 5.74) is 0.733. The van der Waals surface area contributed by atoms with Gasteiger partial charge in [-0.3, -0.25) is 9.78 Å². The van der Waals surface area contributed by atoms with Crippen LogP contribution >= 0.6 is 11.8 Å². The van der Waals surface area contributed by atoms with Crippen LogP contribution in [0.3, 0.4) is 0 Å². The van der Waals surface area contributed by atoms with Crippen LogP contribution in [0.15, 0.2) is 48.1 Å². The van der Waals surface area contributed by atoms with Crippen LogP contribution < -0.4 is 5.32 Å². The Morgan fingerprint density at radius 3 is 2.56 bits per heavy atom. The molecule has 0 radical (unpaired) electrons. The Hall–Kier alpha value is -1.95. The summed E-state index contributed by atoms with van der Waals surface area (Å²) in [7, 11) is 0. The number of hydrogen-bond acceptors (Lipinski definition) is 5. The van der Waals surface area contributed by atoms with Crippen molar-refractivity contribution < 1.29 is 4.79 Å². The van der Waals surface area contributed by atoms with Crippen molar-refractivity contribution in [2.45, 2.75) is 17.3 Å². The van der Waals surface area contributed by atoms with Crippen molar-refractivity contribution in [3.8, 4) is 0 Å². The standard InChI is InChI=1S/C12H12N4OS/c1-9(18-12-14-5-2-6-15-12)11(17)16-10-3-7-13-8-4-10/h2-9H,1H3,(H,13,16,17). The second kappa shape index (κ2) is 6.11. The molecule has 18 heavy (non-hydrogen) atoms. The molecule has 0 aliphatic rings. The van der Waals surface area contributed by atoms with Crippen LogP contribution in [0.2, 0.25) is 0 Å². The fourth-order valence-corrected chi connectivity index (χ4v) is 1.96. The molecule has 0 bridgehead atoms. The summed E-state index contributed by atoms with van der Waals surface area (Å²) < 4.78 is 0. The maximum Gasteiger partial charge on any atom is 0.237 e. The molecule has 1 N–H and O–H groups in total. The second-order valence-corrected chi connectivity index (χ2v) is 4.82. The number of aromatic nitrogens is 3. The first-order valence-corrected chi connectivity index (χ1v) is 6.28. The van der Waals surface area contributed by atoms with E-state index in [0.717, 1.165) is 5.69 Å². The number of thioether (sulfide) groups is 1. The van der Waals surface area contributed by atoms with E-state index >= 15 is 0 Å². The molecule has 2 aromatic heterocycles. The molecule has 2 aromatic rings. The van der Waals surface area contributed by atoms with Gasteiger partial charge in [0.25, 0.3) is 0 Å². The van der Waals surface area contributed by atoms with E-state index in [9.17, 15) is 4.79 Å². The topological polar surface area (TPSA) is 67.8 Å². The van der Waals surface area contributed by atoms with E-state index in [1.807, 2.05) is 6.92 Å². The molecule has 0 saturated carbocycles. The lowest BCUT2D eigenvalue weighted by molar-refractivity contribution is -0.115. The van der Waals surface area contributed by atoms with Crippen molar-refractivity contribution in [2.24, 2.45) is 0 Å². The van der Waals surface area contributed by atoms with Gasteiger partial charge in [0.1, 0.15) is 0 Å². The molecule has 0 saturated heterocycles. The van der Waals surface area contributed by atoms with Crippen LogP contribution in [-0.2, 0) is 4.79 Å². The predicted octanol–water partition coefficient (Wildman–Crippen LogP) is 1.99. The van der Waals surface area contributed by atoms with Crippen LogP contribution in [0.5, 0.6) is 0 Å². The largest absolute Gasteiger partial charge is 0.325 e. The summed E-state index contributed by atoms with van der Waals surface area (Å²) in [4.78, 5) is 23.9. The van der Waals surface area contributed by atoms with Crippen molar-refractivity contribution in [1.82, 2.24) is 15.0 Å². The number of carbonyl (C=O) groups is 1. The van der Waals surface area contributed by atoms with E-state index in [4.69, 9.17) is 0 Å². The zero-order valence-corrected chi connectivity index (χ0v) is 10.6. The third-order valence-corrected chi connectivity index (χ3v) is 3.13. The van der Waals surface area contributed by atoms with Gasteiger partial charge in [0, 0.05) is 30.5 Å². The highest BCUT2D eigenvalue weighted by Gasteiger charge is 2.15. The summed E-state index contributed by atoms with van der Waals surface area (Å²) in [5, 5.41) is 3.14.